The molecule has 116 valence electrons. The summed E-state index contributed by atoms with van der Waals surface area (Å²) in [6, 6.07) is 15.9. The zero-order chi connectivity index (χ0) is 16.2. The van der Waals surface area contributed by atoms with E-state index >= 15 is 0 Å². The number of rotatable bonds is 5. The summed E-state index contributed by atoms with van der Waals surface area (Å²) in [5.41, 5.74) is 1.61. The smallest absolute Gasteiger partial charge is 0.251 e. The van der Waals surface area contributed by atoms with Crippen LogP contribution in [0.2, 0.25) is 0 Å². The number of nitrogens with one attached hydrogen (secondary N) is 1. The van der Waals surface area contributed by atoms with Gasteiger partial charge in [0, 0.05) is 18.4 Å². The first-order chi connectivity index (χ1) is 10.4. The summed E-state index contributed by atoms with van der Waals surface area (Å²) < 4.78 is 22.8. The van der Waals surface area contributed by atoms with Gasteiger partial charge in [-0.3, -0.25) is 4.79 Å². The van der Waals surface area contributed by atoms with E-state index < -0.39 is 9.84 Å². The number of carbonyl (C=O) groups is 1. The van der Waals surface area contributed by atoms with Crippen molar-refractivity contribution in [2.75, 3.05) is 12.8 Å². The molecule has 1 unspecified atom stereocenters. The molecule has 0 aliphatic rings. The van der Waals surface area contributed by atoms with Gasteiger partial charge >= 0.3 is 0 Å². The van der Waals surface area contributed by atoms with Crippen molar-refractivity contribution in [1.82, 2.24) is 5.32 Å². The normalized spacial score (nSPS) is 12.6. The highest BCUT2D eigenvalue weighted by Gasteiger charge is 2.11. The van der Waals surface area contributed by atoms with Crippen LogP contribution in [-0.4, -0.2) is 27.1 Å². The number of carbonyl (C=O) groups excluding carboxylic acids is 1. The Morgan fingerprint density at radius 2 is 1.64 bits per heavy atom. The molecule has 0 saturated carbocycles. The fourth-order valence-corrected chi connectivity index (χ4v) is 2.73. The average Bonchev–Trinajstić information content (AvgIpc) is 2.52. The highest BCUT2D eigenvalue weighted by atomic mass is 32.2. The summed E-state index contributed by atoms with van der Waals surface area (Å²) >= 11 is 0. The molecule has 0 aromatic heterocycles. The SMILES string of the molecule is CC(CNC(=O)c1ccc(S(C)(=O)=O)cc1)c1ccccc1. The van der Waals surface area contributed by atoms with Gasteiger partial charge in [-0.15, -0.1) is 0 Å². The molecule has 5 heteroatoms. The first-order valence-electron chi connectivity index (χ1n) is 7.01. The lowest BCUT2D eigenvalue weighted by Crippen LogP contribution is -2.27. The van der Waals surface area contributed by atoms with Crippen molar-refractivity contribution in [2.24, 2.45) is 0 Å². The maximum atomic E-state index is 12.1. The predicted molar refractivity (Wildman–Crippen MR) is 86.7 cm³/mol. The third-order valence-corrected chi connectivity index (χ3v) is 4.61. The van der Waals surface area contributed by atoms with E-state index in [4.69, 9.17) is 0 Å². The maximum absolute atomic E-state index is 12.1. The summed E-state index contributed by atoms with van der Waals surface area (Å²) in [5.74, 6) is 0.00303. The lowest BCUT2D eigenvalue weighted by Gasteiger charge is -2.13. The first-order valence-corrected chi connectivity index (χ1v) is 8.90. The zero-order valence-electron chi connectivity index (χ0n) is 12.6. The number of hydrogen-bond acceptors (Lipinski definition) is 3. The van der Waals surface area contributed by atoms with Gasteiger partial charge in [0.2, 0.25) is 0 Å². The fraction of sp³-hybridized carbons (Fsp3) is 0.235. The molecule has 0 saturated heterocycles. The van der Waals surface area contributed by atoms with Gasteiger partial charge in [-0.05, 0) is 35.7 Å². The van der Waals surface area contributed by atoms with E-state index in [0.717, 1.165) is 11.8 Å². The summed E-state index contributed by atoms with van der Waals surface area (Å²) in [4.78, 5) is 12.3. The van der Waals surface area contributed by atoms with Crippen LogP contribution in [0, 0.1) is 0 Å². The highest BCUT2D eigenvalue weighted by Crippen LogP contribution is 2.14. The van der Waals surface area contributed by atoms with Gasteiger partial charge in [-0.25, -0.2) is 8.42 Å². The molecule has 2 rings (SSSR count). The van der Waals surface area contributed by atoms with Crippen LogP contribution in [0.4, 0.5) is 0 Å². The predicted octanol–water partition coefficient (Wildman–Crippen LogP) is 2.62. The summed E-state index contributed by atoms with van der Waals surface area (Å²) in [5, 5.41) is 2.87. The minimum atomic E-state index is -3.24. The first kappa shape index (κ1) is 16.2. The van der Waals surface area contributed by atoms with Crippen LogP contribution in [0.1, 0.15) is 28.8 Å². The molecule has 1 atom stereocenters. The van der Waals surface area contributed by atoms with Crippen LogP contribution in [0.5, 0.6) is 0 Å². The van der Waals surface area contributed by atoms with Crippen LogP contribution < -0.4 is 5.32 Å². The minimum Gasteiger partial charge on any atom is -0.351 e. The van der Waals surface area contributed by atoms with E-state index in [-0.39, 0.29) is 16.7 Å². The lowest BCUT2D eigenvalue weighted by atomic mass is 10.0. The molecule has 2 aromatic rings. The third kappa shape index (κ3) is 4.18. The molecule has 4 nitrogen and oxygen atoms in total. The van der Waals surface area contributed by atoms with Crippen molar-refractivity contribution in [3.8, 4) is 0 Å². The summed E-state index contributed by atoms with van der Waals surface area (Å²) in [6.07, 6.45) is 1.14. The molecule has 0 aliphatic heterocycles. The van der Waals surface area contributed by atoms with E-state index in [1.54, 1.807) is 0 Å². The Morgan fingerprint density at radius 3 is 2.18 bits per heavy atom. The number of sulfone groups is 1. The molecule has 0 radical (unpaired) electrons. The van der Waals surface area contributed by atoms with Gasteiger partial charge in [0.1, 0.15) is 0 Å². The quantitative estimate of drug-likeness (QED) is 0.922. The van der Waals surface area contributed by atoms with Crippen molar-refractivity contribution < 1.29 is 13.2 Å². The van der Waals surface area contributed by atoms with Crippen LogP contribution in [0.15, 0.2) is 59.5 Å². The van der Waals surface area contributed by atoms with Gasteiger partial charge < -0.3 is 5.32 Å². The van der Waals surface area contributed by atoms with Crippen molar-refractivity contribution in [1.29, 1.82) is 0 Å². The summed E-state index contributed by atoms with van der Waals surface area (Å²) in [7, 11) is -3.24. The van der Waals surface area contributed by atoms with Crippen molar-refractivity contribution in [3.63, 3.8) is 0 Å². The Morgan fingerprint density at radius 1 is 1.05 bits per heavy atom. The largest absolute Gasteiger partial charge is 0.351 e. The van der Waals surface area contributed by atoms with E-state index in [0.29, 0.717) is 12.1 Å². The van der Waals surface area contributed by atoms with Gasteiger partial charge in [0.05, 0.1) is 4.90 Å². The standard InChI is InChI=1S/C17H19NO3S/c1-13(14-6-4-3-5-7-14)12-18-17(19)15-8-10-16(11-9-15)22(2,20)21/h3-11,13H,12H2,1-2H3,(H,18,19). The number of benzene rings is 2. The molecule has 22 heavy (non-hydrogen) atoms. The second kappa shape index (κ2) is 6.75. The highest BCUT2D eigenvalue weighted by molar-refractivity contribution is 7.90. The molecule has 1 N–H and O–H groups in total. The van der Waals surface area contributed by atoms with E-state index in [1.807, 2.05) is 37.3 Å². The topological polar surface area (TPSA) is 63.2 Å². The van der Waals surface area contributed by atoms with Crippen LogP contribution in [0.3, 0.4) is 0 Å². The second-order valence-electron chi connectivity index (χ2n) is 5.32. The Hall–Kier alpha value is -2.14. The molecule has 0 fully saturated rings. The van der Waals surface area contributed by atoms with Gasteiger partial charge in [0.15, 0.2) is 9.84 Å². The Bertz CT molecular complexity index is 737. The average molecular weight is 317 g/mol. The molecule has 1 amide bonds. The second-order valence-corrected chi connectivity index (χ2v) is 7.33. The molecular formula is C17H19NO3S. The van der Waals surface area contributed by atoms with Gasteiger partial charge in [0.25, 0.3) is 5.91 Å². The minimum absolute atomic E-state index is 0.206. The molecule has 0 bridgehead atoms. The number of amides is 1. The third-order valence-electron chi connectivity index (χ3n) is 3.48. The summed E-state index contributed by atoms with van der Waals surface area (Å²) in [6.45, 7) is 2.57. The molecular weight excluding hydrogens is 298 g/mol. The zero-order valence-corrected chi connectivity index (χ0v) is 13.4. The van der Waals surface area contributed by atoms with Crippen LogP contribution >= 0.6 is 0 Å². The van der Waals surface area contributed by atoms with Crippen LogP contribution in [0.25, 0.3) is 0 Å². The van der Waals surface area contributed by atoms with Crippen molar-refractivity contribution >= 4 is 15.7 Å². The molecule has 0 spiro atoms. The number of hydrogen-bond donors (Lipinski definition) is 1. The van der Waals surface area contributed by atoms with E-state index in [1.165, 1.54) is 24.3 Å². The Kier molecular flexibility index (Phi) is 4.98. The van der Waals surface area contributed by atoms with Crippen molar-refractivity contribution in [3.05, 3.63) is 65.7 Å². The van der Waals surface area contributed by atoms with E-state index in [9.17, 15) is 13.2 Å². The molecule has 0 heterocycles. The fourth-order valence-electron chi connectivity index (χ4n) is 2.10. The van der Waals surface area contributed by atoms with E-state index in [2.05, 4.69) is 5.32 Å². The monoisotopic (exact) mass is 317 g/mol. The lowest BCUT2D eigenvalue weighted by molar-refractivity contribution is 0.0951. The molecule has 2 aromatic carbocycles. The van der Waals surface area contributed by atoms with Gasteiger partial charge in [-0.1, -0.05) is 37.3 Å². The Balaban J connectivity index is 1.98. The van der Waals surface area contributed by atoms with Gasteiger partial charge in [-0.2, -0.15) is 0 Å². The van der Waals surface area contributed by atoms with Crippen LogP contribution in [-0.2, 0) is 9.84 Å². The molecule has 0 aliphatic carbocycles. The Labute approximate surface area is 131 Å². The maximum Gasteiger partial charge on any atom is 0.251 e. The van der Waals surface area contributed by atoms with Crippen molar-refractivity contribution in [2.45, 2.75) is 17.7 Å².